The quantitative estimate of drug-likeness (QED) is 0.661. The van der Waals surface area contributed by atoms with E-state index >= 15 is 0 Å². The maximum atomic E-state index is 12.4. The van der Waals surface area contributed by atoms with Gasteiger partial charge in [-0.1, -0.05) is 24.3 Å². The lowest BCUT2D eigenvalue weighted by molar-refractivity contribution is 0.0950. The van der Waals surface area contributed by atoms with Crippen molar-refractivity contribution in [3.63, 3.8) is 0 Å². The molecular formula is C23H25N3O2. The van der Waals surface area contributed by atoms with Crippen LogP contribution in [0.25, 0.3) is 0 Å². The van der Waals surface area contributed by atoms with Gasteiger partial charge in [0.25, 0.3) is 5.91 Å². The number of carbonyl (C=O) groups excluding carboxylic acids is 1. The molecule has 0 unspecified atom stereocenters. The second-order valence-electron chi connectivity index (χ2n) is 6.52. The summed E-state index contributed by atoms with van der Waals surface area (Å²) >= 11 is 0. The van der Waals surface area contributed by atoms with Crippen LogP contribution in [-0.4, -0.2) is 24.5 Å². The Bertz CT molecular complexity index is 921. The van der Waals surface area contributed by atoms with Crippen molar-refractivity contribution in [2.24, 2.45) is 0 Å². The molecule has 0 spiro atoms. The number of aryl methyl sites for hydroxylation is 1. The van der Waals surface area contributed by atoms with Crippen molar-refractivity contribution in [2.45, 2.75) is 20.4 Å². The van der Waals surface area contributed by atoms with Gasteiger partial charge >= 0.3 is 0 Å². The van der Waals surface area contributed by atoms with Gasteiger partial charge in [0.2, 0.25) is 0 Å². The van der Waals surface area contributed by atoms with Gasteiger partial charge in [-0.25, -0.2) is 4.98 Å². The van der Waals surface area contributed by atoms with Gasteiger partial charge in [0.05, 0.1) is 12.7 Å². The fourth-order valence-electron chi connectivity index (χ4n) is 2.98. The number of benzene rings is 2. The van der Waals surface area contributed by atoms with Crippen molar-refractivity contribution in [1.29, 1.82) is 0 Å². The molecular weight excluding hydrogens is 350 g/mol. The minimum atomic E-state index is -0.145. The number of amides is 1. The largest absolute Gasteiger partial charge is 0.497 e. The second-order valence-corrected chi connectivity index (χ2v) is 6.52. The van der Waals surface area contributed by atoms with Crippen molar-refractivity contribution in [3.8, 4) is 5.75 Å². The molecule has 0 radical (unpaired) electrons. The molecule has 1 heterocycles. The predicted octanol–water partition coefficient (Wildman–Crippen LogP) is 4.49. The van der Waals surface area contributed by atoms with Crippen molar-refractivity contribution >= 4 is 17.4 Å². The van der Waals surface area contributed by atoms with Gasteiger partial charge in [0, 0.05) is 25.0 Å². The smallest absolute Gasteiger partial charge is 0.253 e. The van der Waals surface area contributed by atoms with Crippen LogP contribution >= 0.6 is 0 Å². The minimum Gasteiger partial charge on any atom is -0.497 e. The Labute approximate surface area is 166 Å². The molecule has 5 heteroatoms. The second kappa shape index (κ2) is 9.04. The molecule has 0 fully saturated rings. The van der Waals surface area contributed by atoms with Crippen LogP contribution in [0.1, 0.15) is 28.4 Å². The minimum absolute atomic E-state index is 0.145. The molecule has 0 atom stereocenters. The van der Waals surface area contributed by atoms with Crippen molar-refractivity contribution in [1.82, 2.24) is 10.3 Å². The Morgan fingerprint density at radius 3 is 2.50 bits per heavy atom. The molecule has 0 saturated carbocycles. The van der Waals surface area contributed by atoms with E-state index < -0.39 is 0 Å². The maximum absolute atomic E-state index is 12.4. The maximum Gasteiger partial charge on any atom is 0.253 e. The van der Waals surface area contributed by atoms with E-state index in [0.717, 1.165) is 29.4 Å². The highest BCUT2D eigenvalue weighted by Crippen LogP contribution is 2.24. The van der Waals surface area contributed by atoms with Crippen molar-refractivity contribution < 1.29 is 9.53 Å². The van der Waals surface area contributed by atoms with E-state index in [-0.39, 0.29) is 5.91 Å². The van der Waals surface area contributed by atoms with E-state index in [0.29, 0.717) is 12.1 Å². The van der Waals surface area contributed by atoms with E-state index in [4.69, 9.17) is 4.74 Å². The number of ether oxygens (including phenoxy) is 1. The third-order valence-electron chi connectivity index (χ3n) is 4.53. The van der Waals surface area contributed by atoms with Crippen LogP contribution in [0.3, 0.4) is 0 Å². The van der Waals surface area contributed by atoms with Crippen molar-refractivity contribution in [3.05, 3.63) is 83.6 Å². The van der Waals surface area contributed by atoms with Crippen LogP contribution < -0.4 is 15.0 Å². The highest BCUT2D eigenvalue weighted by Gasteiger charge is 2.11. The topological polar surface area (TPSA) is 54.5 Å². The van der Waals surface area contributed by atoms with Crippen LogP contribution in [0, 0.1) is 6.92 Å². The molecule has 3 aromatic rings. The monoisotopic (exact) mass is 375 g/mol. The molecule has 2 aromatic carbocycles. The van der Waals surface area contributed by atoms with Gasteiger partial charge < -0.3 is 15.0 Å². The van der Waals surface area contributed by atoms with E-state index in [1.807, 2.05) is 42.5 Å². The number of aromatic nitrogens is 1. The molecule has 0 saturated heterocycles. The summed E-state index contributed by atoms with van der Waals surface area (Å²) in [6, 6.07) is 19.6. The van der Waals surface area contributed by atoms with E-state index in [2.05, 4.69) is 47.2 Å². The Hall–Kier alpha value is -3.34. The number of hydrogen-bond donors (Lipinski definition) is 1. The highest BCUT2D eigenvalue weighted by molar-refractivity contribution is 5.94. The first-order chi connectivity index (χ1) is 13.6. The molecule has 0 bridgehead atoms. The summed E-state index contributed by atoms with van der Waals surface area (Å²) in [4.78, 5) is 19.0. The number of carbonyl (C=O) groups is 1. The molecule has 1 N–H and O–H groups in total. The fraction of sp³-hybridized carbons (Fsp3) is 0.217. The lowest BCUT2D eigenvalue weighted by Gasteiger charge is -2.22. The number of pyridine rings is 1. The van der Waals surface area contributed by atoms with Crippen molar-refractivity contribution in [2.75, 3.05) is 18.6 Å². The molecule has 1 aromatic heterocycles. The van der Waals surface area contributed by atoms with Crippen LogP contribution in [0.5, 0.6) is 5.75 Å². The SMILES string of the molecule is CCN(c1cccc(C)c1)c1ccc(C(=O)NCc2ccc(OC)cc2)cn1. The summed E-state index contributed by atoms with van der Waals surface area (Å²) in [5.41, 5.74) is 3.84. The number of anilines is 2. The lowest BCUT2D eigenvalue weighted by Crippen LogP contribution is -2.23. The Morgan fingerprint density at radius 1 is 1.11 bits per heavy atom. The van der Waals surface area contributed by atoms with E-state index in [1.54, 1.807) is 13.3 Å². The Morgan fingerprint density at radius 2 is 1.89 bits per heavy atom. The molecule has 0 aliphatic rings. The molecule has 0 aliphatic heterocycles. The number of nitrogens with zero attached hydrogens (tertiary/aromatic N) is 2. The zero-order valence-corrected chi connectivity index (χ0v) is 16.5. The summed E-state index contributed by atoms with van der Waals surface area (Å²) in [6.45, 7) is 5.40. The van der Waals surface area contributed by atoms with Gasteiger partial charge in [-0.2, -0.15) is 0 Å². The third kappa shape index (κ3) is 4.68. The molecule has 3 rings (SSSR count). The van der Waals surface area contributed by atoms with E-state index in [1.165, 1.54) is 5.56 Å². The van der Waals surface area contributed by atoms with Crippen LogP contribution in [-0.2, 0) is 6.54 Å². The Balaban J connectivity index is 1.66. The average Bonchev–Trinajstić information content (AvgIpc) is 2.73. The summed E-state index contributed by atoms with van der Waals surface area (Å²) < 4.78 is 5.14. The molecule has 1 amide bonds. The first-order valence-electron chi connectivity index (χ1n) is 9.32. The molecule has 5 nitrogen and oxygen atoms in total. The fourth-order valence-corrected chi connectivity index (χ4v) is 2.98. The normalized spacial score (nSPS) is 10.4. The molecule has 144 valence electrons. The first kappa shape index (κ1) is 19.4. The molecule has 0 aliphatic carbocycles. The van der Waals surface area contributed by atoms with Crippen LogP contribution in [0.4, 0.5) is 11.5 Å². The Kier molecular flexibility index (Phi) is 6.27. The van der Waals surface area contributed by atoms with Crippen LogP contribution in [0.2, 0.25) is 0 Å². The average molecular weight is 375 g/mol. The van der Waals surface area contributed by atoms with Gasteiger partial charge in [-0.05, 0) is 61.4 Å². The van der Waals surface area contributed by atoms with Gasteiger partial charge in [-0.15, -0.1) is 0 Å². The van der Waals surface area contributed by atoms with Crippen LogP contribution in [0.15, 0.2) is 66.9 Å². The third-order valence-corrected chi connectivity index (χ3v) is 4.53. The van der Waals surface area contributed by atoms with Gasteiger partial charge in [0.1, 0.15) is 11.6 Å². The number of methoxy groups -OCH3 is 1. The standard InChI is InChI=1S/C23H25N3O2/c1-4-26(20-7-5-6-17(2)14-20)22-13-10-19(16-24-22)23(27)25-15-18-8-11-21(28-3)12-9-18/h5-14,16H,4,15H2,1-3H3,(H,25,27). The molecule has 28 heavy (non-hydrogen) atoms. The first-order valence-corrected chi connectivity index (χ1v) is 9.32. The summed E-state index contributed by atoms with van der Waals surface area (Å²) in [7, 11) is 1.63. The summed E-state index contributed by atoms with van der Waals surface area (Å²) in [5.74, 6) is 1.47. The number of rotatable bonds is 7. The lowest BCUT2D eigenvalue weighted by atomic mass is 10.2. The van der Waals surface area contributed by atoms with Gasteiger partial charge in [0.15, 0.2) is 0 Å². The van der Waals surface area contributed by atoms with Gasteiger partial charge in [-0.3, -0.25) is 4.79 Å². The number of hydrogen-bond acceptors (Lipinski definition) is 4. The highest BCUT2D eigenvalue weighted by atomic mass is 16.5. The summed E-state index contributed by atoms with van der Waals surface area (Å²) in [5, 5.41) is 2.92. The zero-order valence-electron chi connectivity index (χ0n) is 16.5. The predicted molar refractivity (Wildman–Crippen MR) is 112 cm³/mol. The number of nitrogens with one attached hydrogen (secondary N) is 1. The summed E-state index contributed by atoms with van der Waals surface area (Å²) in [6.07, 6.45) is 1.62. The zero-order chi connectivity index (χ0) is 19.9. The van der Waals surface area contributed by atoms with E-state index in [9.17, 15) is 4.79 Å².